The second-order valence-electron chi connectivity index (χ2n) is 2.75. The van der Waals surface area contributed by atoms with Crippen molar-refractivity contribution in [3.63, 3.8) is 0 Å². The quantitative estimate of drug-likeness (QED) is 0.630. The number of hydrogen-bond acceptors (Lipinski definition) is 2. The van der Waals surface area contributed by atoms with Crippen molar-refractivity contribution >= 4 is 0 Å². The van der Waals surface area contributed by atoms with E-state index in [-0.39, 0.29) is 0 Å². The van der Waals surface area contributed by atoms with Crippen LogP contribution in [-0.2, 0) is 6.42 Å². The molecule has 11 heavy (non-hydrogen) atoms. The van der Waals surface area contributed by atoms with E-state index < -0.39 is 0 Å². The smallest absolute Gasteiger partial charge is 0.0625 e. The van der Waals surface area contributed by atoms with Gasteiger partial charge in [-0.1, -0.05) is 0 Å². The normalized spacial score (nSPS) is 10.4. The number of aromatic nitrogens is 2. The van der Waals surface area contributed by atoms with Crippen LogP contribution in [0.2, 0.25) is 0 Å². The first-order valence-electron chi connectivity index (χ1n) is 3.98. The molecule has 0 aromatic carbocycles. The van der Waals surface area contributed by atoms with E-state index in [0.717, 1.165) is 30.8 Å². The molecular formula is C8H15N3. The Morgan fingerprint density at radius 2 is 2.45 bits per heavy atom. The summed E-state index contributed by atoms with van der Waals surface area (Å²) >= 11 is 0. The molecule has 0 aliphatic rings. The van der Waals surface area contributed by atoms with Gasteiger partial charge in [0.15, 0.2) is 0 Å². The van der Waals surface area contributed by atoms with Gasteiger partial charge in [-0.15, -0.1) is 0 Å². The molecule has 1 aromatic heterocycles. The van der Waals surface area contributed by atoms with Crippen molar-refractivity contribution in [3.8, 4) is 0 Å². The van der Waals surface area contributed by atoms with Gasteiger partial charge in [-0.25, -0.2) is 0 Å². The first kappa shape index (κ1) is 8.27. The average Bonchev–Trinajstić information content (AvgIpc) is 2.37. The van der Waals surface area contributed by atoms with E-state index in [4.69, 9.17) is 0 Å². The second kappa shape index (κ2) is 4.13. The fraction of sp³-hybridized carbons (Fsp3) is 0.625. The maximum atomic E-state index is 4.13. The standard InChI is InChI=1S/C8H15N3/c1-7-6-8(11-10-7)4-3-5-9-2/h6,9H,3-5H2,1-2H3,(H,10,11). The summed E-state index contributed by atoms with van der Waals surface area (Å²) in [5.74, 6) is 0. The lowest BCUT2D eigenvalue weighted by Crippen LogP contribution is -2.08. The molecule has 0 bridgehead atoms. The number of hydrogen-bond donors (Lipinski definition) is 2. The van der Waals surface area contributed by atoms with Gasteiger partial charge in [0, 0.05) is 5.69 Å². The van der Waals surface area contributed by atoms with E-state index in [0.29, 0.717) is 0 Å². The molecule has 0 fully saturated rings. The summed E-state index contributed by atoms with van der Waals surface area (Å²) in [6, 6.07) is 2.09. The van der Waals surface area contributed by atoms with Gasteiger partial charge in [0.25, 0.3) is 0 Å². The molecule has 0 spiro atoms. The highest BCUT2D eigenvalue weighted by molar-refractivity contribution is 5.06. The molecule has 0 atom stereocenters. The van der Waals surface area contributed by atoms with E-state index in [1.807, 2.05) is 14.0 Å². The number of nitrogens with zero attached hydrogens (tertiary/aromatic N) is 1. The van der Waals surface area contributed by atoms with Crippen LogP contribution in [0.4, 0.5) is 0 Å². The van der Waals surface area contributed by atoms with Crippen molar-refractivity contribution in [1.29, 1.82) is 0 Å². The van der Waals surface area contributed by atoms with E-state index in [1.165, 1.54) is 0 Å². The number of aryl methyl sites for hydroxylation is 2. The second-order valence-corrected chi connectivity index (χ2v) is 2.75. The van der Waals surface area contributed by atoms with Crippen LogP contribution >= 0.6 is 0 Å². The van der Waals surface area contributed by atoms with E-state index in [2.05, 4.69) is 21.6 Å². The summed E-state index contributed by atoms with van der Waals surface area (Å²) in [5.41, 5.74) is 2.31. The van der Waals surface area contributed by atoms with Crippen molar-refractivity contribution in [3.05, 3.63) is 17.5 Å². The molecule has 0 amide bonds. The average molecular weight is 153 g/mol. The summed E-state index contributed by atoms with van der Waals surface area (Å²) in [4.78, 5) is 0. The van der Waals surface area contributed by atoms with Crippen LogP contribution in [0.1, 0.15) is 17.8 Å². The van der Waals surface area contributed by atoms with Gasteiger partial charge in [0.1, 0.15) is 0 Å². The molecule has 3 nitrogen and oxygen atoms in total. The fourth-order valence-electron chi connectivity index (χ4n) is 1.05. The van der Waals surface area contributed by atoms with Gasteiger partial charge in [-0.2, -0.15) is 5.10 Å². The third-order valence-corrected chi connectivity index (χ3v) is 1.62. The van der Waals surface area contributed by atoms with Gasteiger partial charge in [0.05, 0.1) is 5.69 Å². The van der Waals surface area contributed by atoms with Crippen LogP contribution in [-0.4, -0.2) is 23.8 Å². The molecule has 0 aliphatic heterocycles. The Bertz CT molecular complexity index is 205. The SMILES string of the molecule is CNCCCc1cc(C)[nH]n1. The maximum absolute atomic E-state index is 4.13. The zero-order valence-corrected chi connectivity index (χ0v) is 7.15. The molecule has 3 heteroatoms. The molecule has 0 saturated heterocycles. The van der Waals surface area contributed by atoms with E-state index in [9.17, 15) is 0 Å². The lowest BCUT2D eigenvalue weighted by molar-refractivity contribution is 0.713. The summed E-state index contributed by atoms with van der Waals surface area (Å²) in [5, 5.41) is 10.2. The number of rotatable bonds is 4. The molecule has 1 rings (SSSR count). The first-order chi connectivity index (χ1) is 5.33. The maximum Gasteiger partial charge on any atom is 0.0625 e. The van der Waals surface area contributed by atoms with Crippen LogP contribution in [0.5, 0.6) is 0 Å². The van der Waals surface area contributed by atoms with E-state index in [1.54, 1.807) is 0 Å². The molecule has 2 N–H and O–H groups in total. The molecule has 62 valence electrons. The summed E-state index contributed by atoms with van der Waals surface area (Å²) in [6.07, 6.45) is 2.21. The lowest BCUT2D eigenvalue weighted by Gasteiger charge is -1.94. The number of aromatic amines is 1. The fourth-order valence-corrected chi connectivity index (χ4v) is 1.05. The number of H-pyrrole nitrogens is 1. The van der Waals surface area contributed by atoms with Crippen LogP contribution in [0.15, 0.2) is 6.07 Å². The van der Waals surface area contributed by atoms with Crippen LogP contribution in [0, 0.1) is 6.92 Å². The van der Waals surface area contributed by atoms with Crippen LogP contribution in [0.25, 0.3) is 0 Å². The van der Waals surface area contributed by atoms with Crippen molar-refractivity contribution in [2.45, 2.75) is 19.8 Å². The highest BCUT2D eigenvalue weighted by Gasteiger charge is 1.95. The monoisotopic (exact) mass is 153 g/mol. The predicted molar refractivity (Wildman–Crippen MR) is 45.6 cm³/mol. The van der Waals surface area contributed by atoms with E-state index >= 15 is 0 Å². The summed E-state index contributed by atoms with van der Waals surface area (Å²) in [7, 11) is 1.97. The van der Waals surface area contributed by atoms with Gasteiger partial charge >= 0.3 is 0 Å². The van der Waals surface area contributed by atoms with Crippen molar-refractivity contribution in [2.75, 3.05) is 13.6 Å². The largest absolute Gasteiger partial charge is 0.320 e. The zero-order valence-electron chi connectivity index (χ0n) is 7.15. The molecule has 0 unspecified atom stereocenters. The first-order valence-corrected chi connectivity index (χ1v) is 3.98. The van der Waals surface area contributed by atoms with Gasteiger partial charge in [0.2, 0.25) is 0 Å². The predicted octanol–water partition coefficient (Wildman–Crippen LogP) is 0.870. The molecule has 1 aromatic rings. The van der Waals surface area contributed by atoms with Gasteiger partial charge < -0.3 is 5.32 Å². The highest BCUT2D eigenvalue weighted by atomic mass is 15.1. The summed E-state index contributed by atoms with van der Waals surface area (Å²) < 4.78 is 0. The van der Waals surface area contributed by atoms with Crippen molar-refractivity contribution in [2.24, 2.45) is 0 Å². The van der Waals surface area contributed by atoms with Gasteiger partial charge in [-0.3, -0.25) is 5.10 Å². The third kappa shape index (κ3) is 2.72. The Balaban J connectivity index is 2.27. The van der Waals surface area contributed by atoms with Crippen molar-refractivity contribution in [1.82, 2.24) is 15.5 Å². The zero-order chi connectivity index (χ0) is 8.10. The lowest BCUT2D eigenvalue weighted by atomic mass is 10.2. The Hall–Kier alpha value is -0.830. The molecule has 0 radical (unpaired) electrons. The minimum atomic E-state index is 1.06. The van der Waals surface area contributed by atoms with Gasteiger partial charge in [-0.05, 0) is 39.4 Å². The Morgan fingerprint density at radius 1 is 1.64 bits per heavy atom. The van der Waals surface area contributed by atoms with Crippen LogP contribution < -0.4 is 5.32 Å². The van der Waals surface area contributed by atoms with Crippen LogP contribution in [0.3, 0.4) is 0 Å². The molecule has 0 aliphatic carbocycles. The third-order valence-electron chi connectivity index (χ3n) is 1.62. The van der Waals surface area contributed by atoms with Crippen molar-refractivity contribution < 1.29 is 0 Å². The highest BCUT2D eigenvalue weighted by Crippen LogP contribution is 1.99. The molecule has 1 heterocycles. The minimum absolute atomic E-state index is 1.06. The molecular weight excluding hydrogens is 138 g/mol. The Morgan fingerprint density at radius 3 is 3.00 bits per heavy atom. The number of nitrogens with one attached hydrogen (secondary N) is 2. The molecule has 0 saturated carbocycles. The topological polar surface area (TPSA) is 40.7 Å². The summed E-state index contributed by atoms with van der Waals surface area (Å²) in [6.45, 7) is 3.08. The Kier molecular flexibility index (Phi) is 3.11. The Labute approximate surface area is 67.2 Å². The minimum Gasteiger partial charge on any atom is -0.320 e.